The molecule has 4 heterocycles. The number of alkyl halides is 6. The number of hydrogen-bond acceptors (Lipinski definition) is 13. The van der Waals surface area contributed by atoms with Crippen LogP contribution in [0.15, 0.2) is 133 Å². The van der Waals surface area contributed by atoms with Gasteiger partial charge in [0.05, 0.1) is 10.8 Å². The minimum atomic E-state index is -4.93. The molecule has 2 unspecified atom stereocenters. The van der Waals surface area contributed by atoms with Gasteiger partial charge in [-0.05, 0) is 125 Å². The van der Waals surface area contributed by atoms with Crippen LogP contribution in [0.4, 0.5) is 26.3 Å². The van der Waals surface area contributed by atoms with Gasteiger partial charge in [-0.25, -0.2) is 19.6 Å². The maximum absolute atomic E-state index is 13.6. The van der Waals surface area contributed by atoms with E-state index in [9.17, 15) is 65.6 Å². The molecular formula is C56H56BrCl3F6N6O11. The number of aryl methyl sites for hydroxylation is 3. The molecule has 27 heteroatoms. The number of halogens is 10. The van der Waals surface area contributed by atoms with Crippen molar-refractivity contribution in [1.82, 2.24) is 28.2 Å². The van der Waals surface area contributed by atoms with E-state index in [1.54, 1.807) is 63.4 Å². The number of carbonyl (C=O) groups is 1. The molecule has 4 N–H and O–H groups in total. The van der Waals surface area contributed by atoms with Gasteiger partial charge in [-0.2, -0.15) is 0 Å². The number of aliphatic hydroxyl groups is 4. The van der Waals surface area contributed by atoms with Gasteiger partial charge in [0.15, 0.2) is 0 Å². The predicted molar refractivity (Wildman–Crippen MR) is 307 cm³/mol. The number of aliphatic hydroxyl groups excluding tert-OH is 4. The first kappa shape index (κ1) is 68.6. The van der Waals surface area contributed by atoms with Gasteiger partial charge in [-0.1, -0.05) is 85.1 Å². The SMILES string of the molecule is CC(=O)Cl.CCCCn1c(=O)c2c(C(O)c3ccc(Cl)cc3)c(Br)cnc2n(C)c1=O.CCO.Cc1cccc(OC(F)(F)F)c1.Cn1c(=O)n(CCCO)c(=O)c2c(C(O)c3ccc(Cl)cc3)c(-c3cccc(OC(F)(F)F)c3)cnc21. The molecule has 0 bridgehead atoms. The molecule has 0 amide bonds. The van der Waals surface area contributed by atoms with Crippen molar-refractivity contribution in [3.05, 3.63) is 193 Å². The lowest BCUT2D eigenvalue weighted by molar-refractivity contribution is -0.275. The number of fused-ring (bicyclic) bond motifs is 2. The zero-order valence-electron chi connectivity index (χ0n) is 45.1. The number of carbonyl (C=O) groups excluding carboxylic acids is 1. The first-order chi connectivity index (χ1) is 39.0. The minimum Gasteiger partial charge on any atom is -0.406 e. The van der Waals surface area contributed by atoms with Gasteiger partial charge < -0.3 is 29.9 Å². The van der Waals surface area contributed by atoms with E-state index in [0.717, 1.165) is 33.3 Å². The highest BCUT2D eigenvalue weighted by Crippen LogP contribution is 2.38. The molecule has 0 aliphatic carbocycles. The second-order valence-corrected chi connectivity index (χ2v) is 19.9. The molecule has 0 aliphatic heterocycles. The standard InChI is InChI=1S/C25H21ClF3N3O5.C19H19BrClN3O3.C8H7F3O.C2H3ClO.C2H6O/c1-31-22-20(23(35)32(24(31)36)10-3-11-33)19(21(34)14-6-8-16(26)9-7-14)18(13-30-22)15-4-2-5-17(12-15)37-25(27,28)29;1-3-4-9-24-18(26)15-14(16(25)11-5-7-12(21)8-6-11)13(20)10-22-17(15)23(2)19(24)27;1-6-3-2-4-7(5-6)12-8(9,10)11;1-2(3)4;1-2-3/h2,4-9,12-13,21,33-34H,3,10-11H2,1H3;5-8,10,16,25H,3-4,9H2,1-2H3;2-5H,1H3;1H3;3H,2H2,1H3. The average molecular weight is 1290 g/mol. The summed E-state index contributed by atoms with van der Waals surface area (Å²) in [5, 5.41) is 40.0. The third-order valence-electron chi connectivity index (χ3n) is 11.5. The number of pyridine rings is 2. The van der Waals surface area contributed by atoms with E-state index < -0.39 is 53.2 Å². The Kier molecular flexibility index (Phi) is 25.7. The number of benzene rings is 4. The molecular weight excluding hydrogens is 1230 g/mol. The largest absolute Gasteiger partial charge is 0.573 e. The van der Waals surface area contributed by atoms with Crippen molar-refractivity contribution >= 4 is 78.0 Å². The monoisotopic (exact) mass is 1290 g/mol. The molecule has 0 saturated heterocycles. The first-order valence-corrected chi connectivity index (χ1v) is 26.8. The summed E-state index contributed by atoms with van der Waals surface area (Å²) in [5.41, 5.74) is 0.359. The molecule has 0 spiro atoms. The van der Waals surface area contributed by atoms with Crippen LogP contribution >= 0.6 is 50.7 Å². The van der Waals surface area contributed by atoms with Crippen LogP contribution in [0.3, 0.4) is 0 Å². The smallest absolute Gasteiger partial charge is 0.406 e. The van der Waals surface area contributed by atoms with Crippen LogP contribution < -0.4 is 32.0 Å². The Labute approximate surface area is 493 Å². The Hall–Kier alpha value is -6.90. The Morgan fingerprint density at radius 3 is 1.51 bits per heavy atom. The van der Waals surface area contributed by atoms with E-state index >= 15 is 0 Å². The van der Waals surface area contributed by atoms with Gasteiger partial charge in [0.25, 0.3) is 11.1 Å². The van der Waals surface area contributed by atoms with Gasteiger partial charge >= 0.3 is 24.1 Å². The first-order valence-electron chi connectivity index (χ1n) is 24.8. The molecule has 4 aromatic carbocycles. The summed E-state index contributed by atoms with van der Waals surface area (Å²) < 4.78 is 86.3. The fraction of sp³-hybridized carbons (Fsp3) is 0.304. The fourth-order valence-corrected chi connectivity index (χ4v) is 8.71. The van der Waals surface area contributed by atoms with Crippen LogP contribution in [0.25, 0.3) is 33.2 Å². The van der Waals surface area contributed by atoms with Crippen molar-refractivity contribution in [1.29, 1.82) is 0 Å². The number of rotatable bonds is 13. The second-order valence-electron chi connectivity index (χ2n) is 17.7. The molecule has 8 rings (SSSR count). The molecule has 0 radical (unpaired) electrons. The zero-order chi connectivity index (χ0) is 62.1. The number of nitrogens with zero attached hydrogens (tertiary/aromatic N) is 6. The minimum absolute atomic E-state index is 0.0234. The second kappa shape index (κ2) is 31.1. The van der Waals surface area contributed by atoms with E-state index in [-0.39, 0.29) is 75.9 Å². The van der Waals surface area contributed by atoms with Crippen LogP contribution in [0.1, 0.15) is 80.1 Å². The summed E-state index contributed by atoms with van der Waals surface area (Å²) in [5.74, 6) is -0.680. The Balaban J connectivity index is 0.000000279. The molecule has 17 nitrogen and oxygen atoms in total. The maximum Gasteiger partial charge on any atom is 0.573 e. The highest BCUT2D eigenvalue weighted by molar-refractivity contribution is 9.10. The van der Waals surface area contributed by atoms with Crippen molar-refractivity contribution < 1.29 is 61.0 Å². The van der Waals surface area contributed by atoms with Gasteiger partial charge in [0, 0.05) is 90.9 Å². The van der Waals surface area contributed by atoms with E-state index in [4.69, 9.17) is 28.3 Å². The number of aromatic nitrogens is 6. The topological polar surface area (TPSA) is 230 Å². The predicted octanol–water partition coefficient (Wildman–Crippen LogP) is 10.8. The summed E-state index contributed by atoms with van der Waals surface area (Å²) in [6.45, 7) is 6.88. The number of ether oxygens (including phenoxy) is 2. The molecule has 0 saturated carbocycles. The van der Waals surface area contributed by atoms with Crippen LogP contribution in [-0.2, 0) is 32.0 Å². The number of hydrogen-bond donors (Lipinski definition) is 4. The lowest BCUT2D eigenvalue weighted by Gasteiger charge is -2.20. The summed E-state index contributed by atoms with van der Waals surface area (Å²) in [4.78, 5) is 69.8. The summed E-state index contributed by atoms with van der Waals surface area (Å²) in [6, 6.07) is 23.7. The molecule has 0 fully saturated rings. The van der Waals surface area contributed by atoms with Crippen molar-refractivity contribution in [2.75, 3.05) is 13.2 Å². The molecule has 83 heavy (non-hydrogen) atoms. The van der Waals surface area contributed by atoms with Gasteiger partial charge in [0.2, 0.25) is 5.24 Å². The fourth-order valence-electron chi connectivity index (χ4n) is 7.94. The van der Waals surface area contributed by atoms with Crippen molar-refractivity contribution in [3.8, 4) is 22.6 Å². The molecule has 0 aliphatic rings. The summed E-state index contributed by atoms with van der Waals surface area (Å²) >= 11 is 19.9. The van der Waals surface area contributed by atoms with Crippen molar-refractivity contribution in [2.24, 2.45) is 14.1 Å². The lowest BCUT2D eigenvalue weighted by Crippen LogP contribution is -2.40. The average Bonchev–Trinajstić information content (AvgIpc) is 1.36. The molecule has 2 atom stereocenters. The van der Waals surface area contributed by atoms with Crippen molar-refractivity contribution in [3.63, 3.8) is 0 Å². The van der Waals surface area contributed by atoms with Crippen LogP contribution in [-0.4, -0.2) is 79.8 Å². The van der Waals surface area contributed by atoms with E-state index in [2.05, 4.69) is 47.0 Å². The maximum atomic E-state index is 13.6. The van der Waals surface area contributed by atoms with Gasteiger partial charge in [0.1, 0.15) is 35.0 Å². The highest BCUT2D eigenvalue weighted by Gasteiger charge is 2.33. The molecule has 446 valence electrons. The number of unbranched alkanes of at least 4 members (excludes halogenated alkanes) is 1. The Morgan fingerprint density at radius 1 is 0.663 bits per heavy atom. The normalized spacial score (nSPS) is 11.9. The van der Waals surface area contributed by atoms with Crippen LogP contribution in [0, 0.1) is 6.92 Å². The van der Waals surface area contributed by atoms with Gasteiger partial charge in [-0.15, -0.1) is 26.3 Å². The van der Waals surface area contributed by atoms with Gasteiger partial charge in [-0.3, -0.25) is 32.7 Å². The molecule has 4 aromatic heterocycles. The quantitative estimate of drug-likeness (QED) is 0.0623. The summed E-state index contributed by atoms with van der Waals surface area (Å²) in [6.07, 6.45) is -7.60. The van der Waals surface area contributed by atoms with E-state index in [1.165, 1.54) is 78.0 Å². The van der Waals surface area contributed by atoms with E-state index in [1.807, 2.05) is 6.92 Å². The highest BCUT2D eigenvalue weighted by atomic mass is 79.9. The third-order valence-corrected chi connectivity index (χ3v) is 12.7. The summed E-state index contributed by atoms with van der Waals surface area (Å²) in [7, 11) is 2.98. The van der Waals surface area contributed by atoms with E-state index in [0.29, 0.717) is 44.2 Å². The Morgan fingerprint density at radius 2 is 1.07 bits per heavy atom. The zero-order valence-corrected chi connectivity index (χ0v) is 49.0. The van der Waals surface area contributed by atoms with Crippen LogP contribution in [0.2, 0.25) is 10.0 Å². The third kappa shape index (κ3) is 19.1. The van der Waals surface area contributed by atoms with Crippen LogP contribution in [0.5, 0.6) is 11.5 Å². The molecule has 8 aromatic rings. The lowest BCUT2D eigenvalue weighted by atomic mass is 9.92. The van der Waals surface area contributed by atoms with Crippen molar-refractivity contribution in [2.45, 2.75) is 85.0 Å². The Bertz CT molecular complexity index is 3750.